The summed E-state index contributed by atoms with van der Waals surface area (Å²) in [6.45, 7) is 8.45. The summed E-state index contributed by atoms with van der Waals surface area (Å²) in [5.41, 5.74) is 0.870. The van der Waals surface area contributed by atoms with Gasteiger partial charge in [-0.05, 0) is 18.9 Å². The number of rotatable bonds is 7. The molecule has 0 unspecified atom stereocenters. The maximum Gasteiger partial charge on any atom is 0.134 e. The van der Waals surface area contributed by atoms with Crippen molar-refractivity contribution < 1.29 is 9.84 Å². The Bertz CT molecular complexity index is 353. The Morgan fingerprint density at radius 1 is 1.39 bits per heavy atom. The number of ether oxygens (including phenoxy) is 1. The lowest BCUT2D eigenvalue weighted by Gasteiger charge is -2.28. The van der Waals surface area contributed by atoms with Gasteiger partial charge in [0.15, 0.2) is 0 Å². The molecular formula is C14H24N2O2. The molecule has 0 aliphatic rings. The van der Waals surface area contributed by atoms with Crippen molar-refractivity contribution in [2.45, 2.75) is 26.9 Å². The van der Waals surface area contributed by atoms with Gasteiger partial charge in [-0.15, -0.1) is 0 Å². The normalized spacial score (nSPS) is 12.8. The zero-order valence-electron chi connectivity index (χ0n) is 11.8. The van der Waals surface area contributed by atoms with Gasteiger partial charge in [-0.2, -0.15) is 0 Å². The molecule has 0 aromatic carbocycles. The number of pyridine rings is 1. The molecule has 0 aliphatic carbocycles. The fourth-order valence-electron chi connectivity index (χ4n) is 1.93. The van der Waals surface area contributed by atoms with E-state index in [1.165, 1.54) is 0 Å². The third kappa shape index (κ3) is 4.27. The second-order valence-corrected chi connectivity index (χ2v) is 4.92. The van der Waals surface area contributed by atoms with Gasteiger partial charge in [0.25, 0.3) is 0 Å². The van der Waals surface area contributed by atoms with Crippen LogP contribution in [-0.2, 0) is 4.74 Å². The van der Waals surface area contributed by atoms with Crippen LogP contribution in [0.4, 0.5) is 5.82 Å². The molecule has 18 heavy (non-hydrogen) atoms. The highest BCUT2D eigenvalue weighted by molar-refractivity contribution is 5.47. The van der Waals surface area contributed by atoms with E-state index in [-0.39, 0.29) is 0 Å². The average molecular weight is 252 g/mol. The van der Waals surface area contributed by atoms with E-state index in [1.54, 1.807) is 20.2 Å². The predicted molar refractivity (Wildman–Crippen MR) is 73.8 cm³/mol. The highest BCUT2D eigenvalue weighted by Crippen LogP contribution is 2.24. The Hall–Kier alpha value is -1.13. The molecule has 1 N–H and O–H groups in total. The molecule has 0 saturated carbocycles. The second kappa shape index (κ2) is 7.34. The molecule has 0 spiro atoms. The number of aliphatic hydroxyl groups is 1. The Kier molecular flexibility index (Phi) is 6.09. The van der Waals surface area contributed by atoms with Crippen molar-refractivity contribution >= 4 is 5.82 Å². The minimum atomic E-state index is -0.508. The van der Waals surface area contributed by atoms with Gasteiger partial charge in [0.1, 0.15) is 5.82 Å². The first-order valence-corrected chi connectivity index (χ1v) is 6.43. The van der Waals surface area contributed by atoms with Gasteiger partial charge in [0.2, 0.25) is 0 Å². The summed E-state index contributed by atoms with van der Waals surface area (Å²) in [7, 11) is 1.70. The van der Waals surface area contributed by atoms with Crippen molar-refractivity contribution in [3.05, 3.63) is 23.9 Å². The third-order valence-electron chi connectivity index (χ3n) is 2.72. The molecule has 1 aromatic rings. The van der Waals surface area contributed by atoms with Crippen LogP contribution in [0.2, 0.25) is 0 Å². The zero-order chi connectivity index (χ0) is 13.5. The van der Waals surface area contributed by atoms with Crippen LogP contribution in [0.15, 0.2) is 18.3 Å². The topological polar surface area (TPSA) is 45.6 Å². The summed E-state index contributed by atoms with van der Waals surface area (Å²) in [4.78, 5) is 6.59. The number of hydrogen-bond acceptors (Lipinski definition) is 4. The van der Waals surface area contributed by atoms with Gasteiger partial charge in [-0.25, -0.2) is 4.98 Å². The molecule has 1 heterocycles. The van der Waals surface area contributed by atoms with E-state index in [2.05, 4.69) is 23.7 Å². The van der Waals surface area contributed by atoms with E-state index in [1.807, 2.05) is 12.1 Å². The molecule has 1 aromatic heterocycles. The number of methoxy groups -OCH3 is 1. The maximum absolute atomic E-state index is 9.82. The van der Waals surface area contributed by atoms with Crippen LogP contribution in [0.25, 0.3) is 0 Å². The smallest absolute Gasteiger partial charge is 0.134 e. The highest BCUT2D eigenvalue weighted by Gasteiger charge is 2.16. The van der Waals surface area contributed by atoms with Gasteiger partial charge in [-0.3, -0.25) is 0 Å². The van der Waals surface area contributed by atoms with Crippen LogP contribution < -0.4 is 4.90 Å². The summed E-state index contributed by atoms with van der Waals surface area (Å²) >= 11 is 0. The Morgan fingerprint density at radius 3 is 2.67 bits per heavy atom. The molecule has 0 saturated heterocycles. The van der Waals surface area contributed by atoms with Gasteiger partial charge in [0.05, 0.1) is 12.7 Å². The first-order valence-electron chi connectivity index (χ1n) is 6.43. The lowest BCUT2D eigenvalue weighted by atomic mass is 10.1. The zero-order valence-corrected chi connectivity index (χ0v) is 11.8. The van der Waals surface area contributed by atoms with Crippen molar-refractivity contribution in [3.8, 4) is 0 Å². The summed E-state index contributed by atoms with van der Waals surface area (Å²) < 4.78 is 5.14. The number of aliphatic hydroxyl groups excluding tert-OH is 1. The number of anilines is 1. The van der Waals surface area contributed by atoms with Crippen molar-refractivity contribution in [1.29, 1.82) is 0 Å². The quantitative estimate of drug-likeness (QED) is 0.808. The molecule has 0 aliphatic heterocycles. The average Bonchev–Trinajstić information content (AvgIpc) is 2.34. The minimum absolute atomic E-state index is 0.508. The van der Waals surface area contributed by atoms with Crippen LogP contribution in [0, 0.1) is 5.92 Å². The van der Waals surface area contributed by atoms with Crippen molar-refractivity contribution in [2.24, 2.45) is 5.92 Å². The molecule has 0 radical (unpaired) electrons. The monoisotopic (exact) mass is 252 g/mol. The summed E-state index contributed by atoms with van der Waals surface area (Å²) in [5.74, 6) is 1.39. The molecule has 0 amide bonds. The second-order valence-electron chi connectivity index (χ2n) is 4.92. The third-order valence-corrected chi connectivity index (χ3v) is 2.72. The predicted octanol–water partition coefficient (Wildman–Crippen LogP) is 2.24. The summed E-state index contributed by atoms with van der Waals surface area (Å²) in [6.07, 6.45) is 1.26. The summed E-state index contributed by atoms with van der Waals surface area (Å²) in [5, 5.41) is 9.82. The molecule has 1 atom stereocenters. The molecule has 1 rings (SSSR count). The highest BCUT2D eigenvalue weighted by atomic mass is 16.5. The standard InChI is InChI=1S/C14H24N2O2/c1-11(2)10-16(8-9-18-4)14-13(12(3)17)6-5-7-15-14/h5-7,11-12,17H,8-10H2,1-4H3/t12-/m1/s1. The van der Waals surface area contributed by atoms with E-state index in [0.29, 0.717) is 12.5 Å². The lowest BCUT2D eigenvalue weighted by Crippen LogP contribution is -2.32. The fraction of sp³-hybridized carbons (Fsp3) is 0.643. The number of hydrogen-bond donors (Lipinski definition) is 1. The van der Waals surface area contributed by atoms with E-state index in [0.717, 1.165) is 24.5 Å². The van der Waals surface area contributed by atoms with Crippen molar-refractivity contribution in [1.82, 2.24) is 4.98 Å². The molecule has 0 fully saturated rings. The lowest BCUT2D eigenvalue weighted by molar-refractivity contribution is 0.196. The molecule has 0 bridgehead atoms. The molecule has 4 heteroatoms. The SMILES string of the molecule is COCCN(CC(C)C)c1ncccc1[C@@H](C)O. The minimum Gasteiger partial charge on any atom is -0.389 e. The largest absolute Gasteiger partial charge is 0.389 e. The van der Waals surface area contributed by atoms with E-state index < -0.39 is 6.10 Å². The van der Waals surface area contributed by atoms with E-state index >= 15 is 0 Å². The van der Waals surface area contributed by atoms with Gasteiger partial charge in [0, 0.05) is 32.0 Å². The van der Waals surface area contributed by atoms with E-state index in [9.17, 15) is 5.11 Å². The maximum atomic E-state index is 9.82. The van der Waals surface area contributed by atoms with Crippen molar-refractivity contribution in [2.75, 3.05) is 31.7 Å². The first kappa shape index (κ1) is 14.9. The number of aromatic nitrogens is 1. The van der Waals surface area contributed by atoms with Crippen LogP contribution in [0.1, 0.15) is 32.4 Å². The Labute approximate surface area is 110 Å². The van der Waals surface area contributed by atoms with Crippen LogP contribution >= 0.6 is 0 Å². The van der Waals surface area contributed by atoms with E-state index in [4.69, 9.17) is 4.74 Å². The molecule has 4 nitrogen and oxygen atoms in total. The number of nitrogens with zero attached hydrogens (tertiary/aromatic N) is 2. The molecular weight excluding hydrogens is 228 g/mol. The fourth-order valence-corrected chi connectivity index (χ4v) is 1.93. The van der Waals surface area contributed by atoms with Gasteiger partial charge in [-0.1, -0.05) is 19.9 Å². The van der Waals surface area contributed by atoms with Crippen LogP contribution in [-0.4, -0.2) is 36.9 Å². The Balaban J connectivity index is 2.95. The summed E-state index contributed by atoms with van der Waals surface area (Å²) in [6, 6.07) is 3.78. The molecule has 102 valence electrons. The van der Waals surface area contributed by atoms with Gasteiger partial charge < -0.3 is 14.7 Å². The Morgan fingerprint density at radius 2 is 2.11 bits per heavy atom. The first-order chi connectivity index (χ1) is 8.56. The van der Waals surface area contributed by atoms with Crippen LogP contribution in [0.5, 0.6) is 0 Å². The van der Waals surface area contributed by atoms with Crippen molar-refractivity contribution in [3.63, 3.8) is 0 Å². The van der Waals surface area contributed by atoms with Crippen LogP contribution in [0.3, 0.4) is 0 Å². The van der Waals surface area contributed by atoms with Gasteiger partial charge >= 0.3 is 0 Å².